The molecule has 1 aromatic carbocycles. The predicted octanol–water partition coefficient (Wildman–Crippen LogP) is 1.75. The molecule has 108 valence electrons. The molecule has 1 unspecified atom stereocenters. The largest absolute Gasteiger partial charge is 0.497 e. The van der Waals surface area contributed by atoms with Gasteiger partial charge in [-0.25, -0.2) is 4.98 Å². The third-order valence-corrected chi connectivity index (χ3v) is 3.70. The number of aryl methyl sites for hydroxylation is 1. The Labute approximate surface area is 118 Å². The second-order valence-electron chi connectivity index (χ2n) is 5.23. The number of aromatic nitrogens is 2. The van der Waals surface area contributed by atoms with E-state index >= 15 is 0 Å². The Kier molecular flexibility index (Phi) is 4.39. The number of methoxy groups -OCH3 is 1. The van der Waals surface area contributed by atoms with Crippen LogP contribution >= 0.6 is 0 Å². The third kappa shape index (κ3) is 2.99. The van der Waals surface area contributed by atoms with Crippen molar-refractivity contribution >= 4 is 10.9 Å². The zero-order valence-electron chi connectivity index (χ0n) is 12.5. The second-order valence-corrected chi connectivity index (χ2v) is 5.23. The molecule has 0 aliphatic rings. The molecule has 2 aromatic rings. The quantitative estimate of drug-likeness (QED) is 0.834. The minimum atomic E-state index is -0.0140. The van der Waals surface area contributed by atoms with Crippen LogP contribution in [0.25, 0.3) is 10.9 Å². The van der Waals surface area contributed by atoms with E-state index in [1.54, 1.807) is 24.1 Å². The fourth-order valence-corrected chi connectivity index (χ4v) is 2.01. The van der Waals surface area contributed by atoms with Gasteiger partial charge in [-0.05, 0) is 45.6 Å². The standard InChI is InChI=1S/C15H21N3O2/c1-11(17(2)3)7-8-18-10-16-14-6-5-12(20-4)9-13(14)15(18)19/h5-6,9-11H,7-8H2,1-4H3. The van der Waals surface area contributed by atoms with E-state index in [-0.39, 0.29) is 5.56 Å². The van der Waals surface area contributed by atoms with Crippen molar-refractivity contribution in [2.24, 2.45) is 0 Å². The van der Waals surface area contributed by atoms with Crippen LogP contribution in [-0.4, -0.2) is 41.7 Å². The topological polar surface area (TPSA) is 47.4 Å². The number of hydrogen-bond acceptors (Lipinski definition) is 4. The summed E-state index contributed by atoms with van der Waals surface area (Å²) in [5.74, 6) is 0.677. The first kappa shape index (κ1) is 14.5. The van der Waals surface area contributed by atoms with Crippen molar-refractivity contribution in [3.63, 3.8) is 0 Å². The van der Waals surface area contributed by atoms with Gasteiger partial charge in [0, 0.05) is 12.6 Å². The molecule has 0 N–H and O–H groups in total. The molecule has 1 aromatic heterocycles. The number of hydrogen-bond donors (Lipinski definition) is 0. The first-order valence-electron chi connectivity index (χ1n) is 6.72. The molecule has 0 aliphatic carbocycles. The Morgan fingerprint density at radius 2 is 2.15 bits per heavy atom. The van der Waals surface area contributed by atoms with Crippen LogP contribution in [0, 0.1) is 0 Å². The van der Waals surface area contributed by atoms with Crippen LogP contribution < -0.4 is 10.3 Å². The molecule has 5 heteroatoms. The number of ether oxygens (including phenoxy) is 1. The maximum absolute atomic E-state index is 12.4. The van der Waals surface area contributed by atoms with E-state index in [0.717, 1.165) is 6.42 Å². The first-order chi connectivity index (χ1) is 9.52. The zero-order chi connectivity index (χ0) is 14.7. The molecule has 0 bridgehead atoms. The Balaban J connectivity index is 2.31. The Morgan fingerprint density at radius 3 is 2.80 bits per heavy atom. The van der Waals surface area contributed by atoms with Gasteiger partial charge >= 0.3 is 0 Å². The van der Waals surface area contributed by atoms with Crippen LogP contribution in [0.1, 0.15) is 13.3 Å². The van der Waals surface area contributed by atoms with Crippen molar-refractivity contribution in [3.05, 3.63) is 34.9 Å². The van der Waals surface area contributed by atoms with E-state index in [1.807, 2.05) is 26.2 Å². The molecule has 0 saturated carbocycles. The van der Waals surface area contributed by atoms with E-state index in [9.17, 15) is 4.79 Å². The number of benzene rings is 1. The van der Waals surface area contributed by atoms with E-state index in [0.29, 0.717) is 29.2 Å². The van der Waals surface area contributed by atoms with Gasteiger partial charge in [0.2, 0.25) is 0 Å². The van der Waals surface area contributed by atoms with Crippen molar-refractivity contribution in [2.45, 2.75) is 25.9 Å². The molecule has 20 heavy (non-hydrogen) atoms. The minimum Gasteiger partial charge on any atom is -0.497 e. The summed E-state index contributed by atoms with van der Waals surface area (Å²) in [5.41, 5.74) is 0.688. The van der Waals surface area contributed by atoms with E-state index < -0.39 is 0 Å². The highest BCUT2D eigenvalue weighted by Crippen LogP contribution is 2.15. The predicted molar refractivity (Wildman–Crippen MR) is 80.3 cm³/mol. The van der Waals surface area contributed by atoms with Crippen LogP contribution in [0.5, 0.6) is 5.75 Å². The summed E-state index contributed by atoms with van der Waals surface area (Å²) >= 11 is 0. The van der Waals surface area contributed by atoms with Crippen LogP contribution in [0.15, 0.2) is 29.3 Å². The normalized spacial score (nSPS) is 12.8. The maximum Gasteiger partial charge on any atom is 0.261 e. The van der Waals surface area contributed by atoms with Gasteiger partial charge in [-0.1, -0.05) is 0 Å². The summed E-state index contributed by atoms with van der Waals surface area (Å²) in [5, 5.41) is 0.601. The molecule has 0 amide bonds. The van der Waals surface area contributed by atoms with Gasteiger partial charge in [0.05, 0.1) is 24.3 Å². The van der Waals surface area contributed by atoms with Crippen LogP contribution in [0.2, 0.25) is 0 Å². The lowest BCUT2D eigenvalue weighted by atomic mass is 10.2. The number of fused-ring (bicyclic) bond motifs is 1. The van der Waals surface area contributed by atoms with Crippen LogP contribution in [0.4, 0.5) is 0 Å². The SMILES string of the molecule is COc1ccc2ncn(CCC(C)N(C)C)c(=O)c2c1. The van der Waals surface area contributed by atoms with Gasteiger partial charge in [-0.2, -0.15) is 0 Å². The van der Waals surface area contributed by atoms with E-state index in [4.69, 9.17) is 4.74 Å². The molecular formula is C15H21N3O2. The van der Waals surface area contributed by atoms with Gasteiger partial charge in [-0.3, -0.25) is 9.36 Å². The van der Waals surface area contributed by atoms with Crippen molar-refractivity contribution < 1.29 is 4.74 Å². The monoisotopic (exact) mass is 275 g/mol. The fraction of sp³-hybridized carbons (Fsp3) is 0.467. The summed E-state index contributed by atoms with van der Waals surface area (Å²) in [7, 11) is 5.67. The molecule has 0 spiro atoms. The zero-order valence-corrected chi connectivity index (χ0v) is 12.5. The lowest BCUT2D eigenvalue weighted by Gasteiger charge is -2.19. The number of rotatable bonds is 5. The van der Waals surface area contributed by atoms with E-state index in [2.05, 4.69) is 16.8 Å². The number of nitrogens with zero attached hydrogens (tertiary/aromatic N) is 3. The van der Waals surface area contributed by atoms with Crippen LogP contribution in [0.3, 0.4) is 0 Å². The lowest BCUT2D eigenvalue weighted by Crippen LogP contribution is -2.28. The molecule has 0 fully saturated rings. The van der Waals surface area contributed by atoms with E-state index in [1.165, 1.54) is 0 Å². The molecular weight excluding hydrogens is 254 g/mol. The summed E-state index contributed by atoms with van der Waals surface area (Å²) in [4.78, 5) is 18.9. The van der Waals surface area contributed by atoms with Crippen molar-refractivity contribution in [1.29, 1.82) is 0 Å². The van der Waals surface area contributed by atoms with Crippen molar-refractivity contribution in [2.75, 3.05) is 21.2 Å². The van der Waals surface area contributed by atoms with Crippen molar-refractivity contribution in [1.82, 2.24) is 14.5 Å². The van der Waals surface area contributed by atoms with Crippen LogP contribution in [-0.2, 0) is 6.54 Å². The smallest absolute Gasteiger partial charge is 0.261 e. The summed E-state index contributed by atoms with van der Waals surface area (Å²) in [6, 6.07) is 5.79. The first-order valence-corrected chi connectivity index (χ1v) is 6.72. The Morgan fingerprint density at radius 1 is 1.40 bits per heavy atom. The highest BCUT2D eigenvalue weighted by atomic mass is 16.5. The highest BCUT2D eigenvalue weighted by Gasteiger charge is 2.08. The van der Waals surface area contributed by atoms with Gasteiger partial charge in [-0.15, -0.1) is 0 Å². The average molecular weight is 275 g/mol. The fourth-order valence-electron chi connectivity index (χ4n) is 2.01. The summed E-state index contributed by atoms with van der Waals surface area (Å²) in [6.45, 7) is 2.81. The molecule has 5 nitrogen and oxygen atoms in total. The molecule has 2 rings (SSSR count). The molecule has 0 radical (unpaired) electrons. The summed E-state index contributed by atoms with van der Waals surface area (Å²) < 4.78 is 6.83. The maximum atomic E-state index is 12.4. The van der Waals surface area contributed by atoms with Gasteiger partial charge in [0.25, 0.3) is 5.56 Å². The molecule has 1 heterocycles. The Bertz CT molecular complexity index is 649. The van der Waals surface area contributed by atoms with Crippen molar-refractivity contribution in [3.8, 4) is 5.75 Å². The second kappa shape index (κ2) is 6.05. The molecule has 1 atom stereocenters. The van der Waals surface area contributed by atoms with Gasteiger partial charge < -0.3 is 9.64 Å². The minimum absolute atomic E-state index is 0.0140. The highest BCUT2D eigenvalue weighted by molar-refractivity contribution is 5.78. The molecule has 0 aliphatic heterocycles. The molecule has 0 saturated heterocycles. The lowest BCUT2D eigenvalue weighted by molar-refractivity contribution is 0.287. The van der Waals surface area contributed by atoms with Gasteiger partial charge in [0.15, 0.2) is 0 Å². The Hall–Kier alpha value is -1.88. The average Bonchev–Trinajstić information content (AvgIpc) is 2.45. The summed E-state index contributed by atoms with van der Waals surface area (Å²) in [6.07, 6.45) is 2.53. The van der Waals surface area contributed by atoms with Gasteiger partial charge in [0.1, 0.15) is 5.75 Å². The third-order valence-electron chi connectivity index (χ3n) is 3.70.